The maximum absolute atomic E-state index is 5.32. The molecule has 0 aliphatic rings. The highest BCUT2D eigenvalue weighted by molar-refractivity contribution is 5.80. The summed E-state index contributed by atoms with van der Waals surface area (Å²) in [5.74, 6) is 1.40. The summed E-state index contributed by atoms with van der Waals surface area (Å²) >= 11 is 0. The van der Waals surface area contributed by atoms with Crippen molar-refractivity contribution in [1.29, 1.82) is 0 Å². The largest absolute Gasteiger partial charge is 0.493 e. The van der Waals surface area contributed by atoms with Gasteiger partial charge in [-0.25, -0.2) is 4.98 Å². The monoisotopic (exact) mass is 266 g/mol. The Labute approximate surface area is 117 Å². The van der Waals surface area contributed by atoms with Gasteiger partial charge < -0.3 is 9.47 Å². The molecule has 1 aromatic carbocycles. The van der Waals surface area contributed by atoms with E-state index in [4.69, 9.17) is 9.47 Å². The minimum atomic E-state index is 0.693. The van der Waals surface area contributed by atoms with E-state index in [2.05, 4.69) is 9.97 Å². The second-order valence-corrected chi connectivity index (χ2v) is 4.33. The minimum Gasteiger partial charge on any atom is -0.493 e. The van der Waals surface area contributed by atoms with Gasteiger partial charge in [-0.2, -0.15) is 0 Å². The SMILES string of the molecule is COc1ccc(-c2ccc3ccncc3n2)cc1OC. The number of ether oxygens (including phenoxy) is 2. The lowest BCUT2D eigenvalue weighted by Crippen LogP contribution is -1.92. The Hall–Kier alpha value is -2.62. The van der Waals surface area contributed by atoms with Gasteiger partial charge in [0.1, 0.15) is 0 Å². The number of hydrogen-bond donors (Lipinski definition) is 0. The Morgan fingerprint density at radius 3 is 2.55 bits per heavy atom. The summed E-state index contributed by atoms with van der Waals surface area (Å²) in [4.78, 5) is 8.72. The summed E-state index contributed by atoms with van der Waals surface area (Å²) in [6, 6.07) is 11.7. The minimum absolute atomic E-state index is 0.693. The summed E-state index contributed by atoms with van der Waals surface area (Å²) in [6.07, 6.45) is 3.53. The maximum atomic E-state index is 5.32. The highest BCUT2D eigenvalue weighted by atomic mass is 16.5. The first-order chi connectivity index (χ1) is 9.81. The normalized spacial score (nSPS) is 10.5. The highest BCUT2D eigenvalue weighted by Crippen LogP contribution is 2.32. The smallest absolute Gasteiger partial charge is 0.161 e. The molecule has 4 nitrogen and oxygen atoms in total. The number of pyridine rings is 2. The quantitative estimate of drug-likeness (QED) is 0.729. The van der Waals surface area contributed by atoms with Crippen molar-refractivity contribution in [3.63, 3.8) is 0 Å². The second-order valence-electron chi connectivity index (χ2n) is 4.33. The second kappa shape index (κ2) is 5.17. The van der Waals surface area contributed by atoms with Crippen molar-refractivity contribution >= 4 is 10.9 Å². The van der Waals surface area contributed by atoms with Crippen LogP contribution in [0, 0.1) is 0 Å². The van der Waals surface area contributed by atoms with E-state index in [-0.39, 0.29) is 0 Å². The number of rotatable bonds is 3. The Balaban J connectivity index is 2.10. The van der Waals surface area contributed by atoms with Gasteiger partial charge in [0.2, 0.25) is 0 Å². The summed E-state index contributed by atoms with van der Waals surface area (Å²) in [7, 11) is 3.25. The summed E-state index contributed by atoms with van der Waals surface area (Å²) in [5, 5.41) is 1.07. The van der Waals surface area contributed by atoms with Crippen LogP contribution in [0.5, 0.6) is 11.5 Å². The average molecular weight is 266 g/mol. The van der Waals surface area contributed by atoms with Crippen LogP contribution in [0.25, 0.3) is 22.2 Å². The molecule has 0 amide bonds. The van der Waals surface area contributed by atoms with Gasteiger partial charge in [0.25, 0.3) is 0 Å². The van der Waals surface area contributed by atoms with E-state index in [0.29, 0.717) is 11.5 Å². The van der Waals surface area contributed by atoms with Crippen LogP contribution >= 0.6 is 0 Å². The molecule has 0 aliphatic heterocycles. The molecular weight excluding hydrogens is 252 g/mol. The summed E-state index contributed by atoms with van der Waals surface area (Å²) in [6.45, 7) is 0. The van der Waals surface area contributed by atoms with E-state index in [9.17, 15) is 0 Å². The molecule has 0 bridgehead atoms. The maximum Gasteiger partial charge on any atom is 0.161 e. The molecule has 0 radical (unpaired) electrons. The molecule has 20 heavy (non-hydrogen) atoms. The highest BCUT2D eigenvalue weighted by Gasteiger charge is 2.07. The fourth-order valence-electron chi connectivity index (χ4n) is 2.12. The van der Waals surface area contributed by atoms with Crippen LogP contribution in [0.3, 0.4) is 0 Å². The molecule has 0 aliphatic carbocycles. The van der Waals surface area contributed by atoms with Gasteiger partial charge in [0, 0.05) is 17.1 Å². The van der Waals surface area contributed by atoms with E-state index >= 15 is 0 Å². The van der Waals surface area contributed by atoms with Crippen LogP contribution < -0.4 is 9.47 Å². The first kappa shape index (κ1) is 12.4. The third-order valence-electron chi connectivity index (χ3n) is 3.17. The van der Waals surface area contributed by atoms with Gasteiger partial charge in [-0.15, -0.1) is 0 Å². The zero-order chi connectivity index (χ0) is 13.9. The van der Waals surface area contributed by atoms with Crippen molar-refractivity contribution < 1.29 is 9.47 Å². The Kier molecular flexibility index (Phi) is 3.21. The molecule has 0 fully saturated rings. The standard InChI is InChI=1S/C16H14N2O2/c1-19-15-6-4-12(9-16(15)20-2)13-5-3-11-7-8-17-10-14(11)18-13/h3-10H,1-2H3. The molecule has 0 atom stereocenters. The summed E-state index contributed by atoms with van der Waals surface area (Å²) in [5.41, 5.74) is 2.74. The molecule has 0 N–H and O–H groups in total. The fourth-order valence-corrected chi connectivity index (χ4v) is 2.12. The molecule has 4 heteroatoms. The van der Waals surface area contributed by atoms with Crippen LogP contribution in [0.1, 0.15) is 0 Å². The van der Waals surface area contributed by atoms with Gasteiger partial charge in [-0.1, -0.05) is 6.07 Å². The molecule has 0 saturated carbocycles. The number of hydrogen-bond acceptors (Lipinski definition) is 4. The van der Waals surface area contributed by atoms with Crippen molar-refractivity contribution in [2.24, 2.45) is 0 Å². The number of methoxy groups -OCH3 is 2. The van der Waals surface area contributed by atoms with Crippen molar-refractivity contribution in [3.05, 3.63) is 48.8 Å². The van der Waals surface area contributed by atoms with Crippen molar-refractivity contribution in [3.8, 4) is 22.8 Å². The molecule has 3 aromatic rings. The molecule has 3 rings (SSSR count). The van der Waals surface area contributed by atoms with E-state index in [1.54, 1.807) is 26.6 Å². The number of nitrogens with zero attached hydrogens (tertiary/aromatic N) is 2. The van der Waals surface area contributed by atoms with Crippen LogP contribution in [-0.2, 0) is 0 Å². The predicted octanol–water partition coefficient (Wildman–Crippen LogP) is 3.31. The molecule has 0 unspecified atom stereocenters. The molecule has 2 heterocycles. The Morgan fingerprint density at radius 1 is 0.900 bits per heavy atom. The van der Waals surface area contributed by atoms with E-state index < -0.39 is 0 Å². The lowest BCUT2D eigenvalue weighted by molar-refractivity contribution is 0.355. The first-order valence-electron chi connectivity index (χ1n) is 6.25. The molecule has 100 valence electrons. The van der Waals surface area contributed by atoms with E-state index in [1.165, 1.54) is 0 Å². The third kappa shape index (κ3) is 2.16. The zero-order valence-electron chi connectivity index (χ0n) is 11.3. The van der Waals surface area contributed by atoms with Gasteiger partial charge >= 0.3 is 0 Å². The lowest BCUT2D eigenvalue weighted by atomic mass is 10.1. The van der Waals surface area contributed by atoms with E-state index in [1.807, 2.05) is 36.4 Å². The Morgan fingerprint density at radius 2 is 1.75 bits per heavy atom. The first-order valence-corrected chi connectivity index (χ1v) is 6.25. The zero-order valence-corrected chi connectivity index (χ0v) is 11.3. The Bertz CT molecular complexity index is 756. The lowest BCUT2D eigenvalue weighted by Gasteiger charge is -2.09. The number of fused-ring (bicyclic) bond motifs is 1. The predicted molar refractivity (Wildman–Crippen MR) is 78.1 cm³/mol. The van der Waals surface area contributed by atoms with Gasteiger partial charge in [-0.3, -0.25) is 4.98 Å². The van der Waals surface area contributed by atoms with Crippen molar-refractivity contribution in [2.45, 2.75) is 0 Å². The van der Waals surface area contributed by atoms with Crippen LogP contribution in [0.2, 0.25) is 0 Å². The molecule has 2 aromatic heterocycles. The molecule has 0 saturated heterocycles. The van der Waals surface area contributed by atoms with Crippen LogP contribution in [-0.4, -0.2) is 24.2 Å². The average Bonchev–Trinajstić information content (AvgIpc) is 2.53. The van der Waals surface area contributed by atoms with E-state index in [0.717, 1.165) is 22.2 Å². The van der Waals surface area contributed by atoms with Gasteiger partial charge in [-0.05, 0) is 30.3 Å². The molecular formula is C16H14N2O2. The fraction of sp³-hybridized carbons (Fsp3) is 0.125. The van der Waals surface area contributed by atoms with Gasteiger partial charge in [0.05, 0.1) is 31.6 Å². The summed E-state index contributed by atoms with van der Waals surface area (Å²) < 4.78 is 10.6. The number of benzene rings is 1. The van der Waals surface area contributed by atoms with Crippen molar-refractivity contribution in [1.82, 2.24) is 9.97 Å². The van der Waals surface area contributed by atoms with Crippen molar-refractivity contribution in [2.75, 3.05) is 14.2 Å². The molecule has 0 spiro atoms. The van der Waals surface area contributed by atoms with Crippen LogP contribution in [0.4, 0.5) is 0 Å². The topological polar surface area (TPSA) is 44.2 Å². The third-order valence-corrected chi connectivity index (χ3v) is 3.17. The van der Waals surface area contributed by atoms with Crippen LogP contribution in [0.15, 0.2) is 48.8 Å². The van der Waals surface area contributed by atoms with Gasteiger partial charge in [0.15, 0.2) is 11.5 Å². The number of aromatic nitrogens is 2.